The second kappa shape index (κ2) is 4.06. The van der Waals surface area contributed by atoms with Gasteiger partial charge in [-0.25, -0.2) is 9.18 Å². The van der Waals surface area contributed by atoms with Gasteiger partial charge in [0.15, 0.2) is 0 Å². The molecule has 1 N–H and O–H groups in total. The van der Waals surface area contributed by atoms with Gasteiger partial charge in [-0.15, -0.1) is 0 Å². The Balaban J connectivity index is 3.16. The summed E-state index contributed by atoms with van der Waals surface area (Å²) in [5.74, 6) is 2.23. The Labute approximate surface area is 82.5 Å². The lowest BCUT2D eigenvalue weighted by Crippen LogP contribution is -1.89. The van der Waals surface area contributed by atoms with Crippen LogP contribution in [0.3, 0.4) is 0 Å². The number of carbonyl (C=O) groups is 1. The minimum Gasteiger partial charge on any atom is -0.472 e. The normalized spacial score (nSPS) is 8.77. The highest BCUT2D eigenvalue weighted by atomic mass is 79.9. The summed E-state index contributed by atoms with van der Waals surface area (Å²) in [7, 11) is 0. The van der Waals surface area contributed by atoms with Crippen LogP contribution < -0.4 is 0 Å². The fourth-order valence-corrected chi connectivity index (χ4v) is 1.17. The van der Waals surface area contributed by atoms with Crippen LogP contribution in [0.1, 0.15) is 5.56 Å². The van der Waals surface area contributed by atoms with Crippen LogP contribution in [0.2, 0.25) is 0 Å². The highest BCUT2D eigenvalue weighted by Gasteiger charge is 2.02. The summed E-state index contributed by atoms with van der Waals surface area (Å²) in [5.41, 5.74) is 0.0601. The van der Waals surface area contributed by atoms with Crippen LogP contribution in [0.25, 0.3) is 0 Å². The molecule has 0 unspecified atom stereocenters. The molecule has 1 aromatic carbocycles. The van der Waals surface area contributed by atoms with Crippen molar-refractivity contribution in [3.63, 3.8) is 0 Å². The zero-order valence-electron chi connectivity index (χ0n) is 6.34. The molecule has 1 rings (SSSR count). The van der Waals surface area contributed by atoms with Gasteiger partial charge >= 0.3 is 5.97 Å². The first kappa shape index (κ1) is 9.75. The quantitative estimate of drug-likeness (QED) is 0.708. The van der Waals surface area contributed by atoms with E-state index in [1.165, 1.54) is 12.1 Å². The molecule has 0 fully saturated rings. The van der Waals surface area contributed by atoms with Crippen LogP contribution in [-0.4, -0.2) is 11.1 Å². The number of benzene rings is 1. The van der Waals surface area contributed by atoms with Crippen LogP contribution in [0.4, 0.5) is 4.39 Å². The van der Waals surface area contributed by atoms with Crippen LogP contribution in [0, 0.1) is 17.7 Å². The van der Waals surface area contributed by atoms with E-state index < -0.39 is 11.8 Å². The van der Waals surface area contributed by atoms with E-state index in [2.05, 4.69) is 21.9 Å². The molecule has 0 saturated carbocycles. The Morgan fingerprint density at radius 1 is 1.54 bits per heavy atom. The van der Waals surface area contributed by atoms with Gasteiger partial charge in [0.2, 0.25) is 0 Å². The number of rotatable bonds is 0. The summed E-state index contributed by atoms with van der Waals surface area (Å²) in [6.07, 6.45) is 0. The molecule has 0 aromatic heterocycles. The Morgan fingerprint density at radius 2 is 2.23 bits per heavy atom. The first-order chi connectivity index (χ1) is 6.11. The van der Waals surface area contributed by atoms with Crippen molar-refractivity contribution in [1.29, 1.82) is 0 Å². The summed E-state index contributed by atoms with van der Waals surface area (Å²) in [4.78, 5) is 10.1. The van der Waals surface area contributed by atoms with Crippen molar-refractivity contribution in [2.24, 2.45) is 0 Å². The van der Waals surface area contributed by atoms with Gasteiger partial charge in [-0.05, 0) is 28.1 Å². The monoisotopic (exact) mass is 242 g/mol. The average Bonchev–Trinajstić information content (AvgIpc) is 2.03. The van der Waals surface area contributed by atoms with Crippen LogP contribution in [0.5, 0.6) is 0 Å². The van der Waals surface area contributed by atoms with Gasteiger partial charge in [-0.2, -0.15) is 0 Å². The Morgan fingerprint density at radius 3 is 2.77 bits per heavy atom. The molecule has 0 atom stereocenters. The minimum absolute atomic E-state index is 0.0601. The topological polar surface area (TPSA) is 37.3 Å². The minimum atomic E-state index is -1.28. The Kier molecular flexibility index (Phi) is 3.04. The maximum absolute atomic E-state index is 13.0. The Hall–Kier alpha value is -1.34. The van der Waals surface area contributed by atoms with E-state index in [0.717, 1.165) is 0 Å². The largest absolute Gasteiger partial charge is 0.472 e. The standard InChI is InChI=1S/C9H4BrFO2/c10-7-2-1-3-8(11)6(7)4-5-9(12)13/h1-3H,(H,12,13). The van der Waals surface area contributed by atoms with E-state index in [-0.39, 0.29) is 5.56 Å². The SMILES string of the molecule is O=C(O)C#Cc1c(F)cccc1Br. The molecule has 0 saturated heterocycles. The number of hydrogen-bond donors (Lipinski definition) is 1. The molecule has 2 nitrogen and oxygen atoms in total. The molecule has 13 heavy (non-hydrogen) atoms. The highest BCUT2D eigenvalue weighted by molar-refractivity contribution is 9.10. The molecule has 0 radical (unpaired) electrons. The highest BCUT2D eigenvalue weighted by Crippen LogP contribution is 2.17. The smallest absolute Gasteiger partial charge is 0.382 e. The number of carboxylic acid groups (broad SMARTS) is 1. The number of halogens is 2. The van der Waals surface area contributed by atoms with E-state index in [1.807, 2.05) is 5.92 Å². The van der Waals surface area contributed by atoms with E-state index in [4.69, 9.17) is 5.11 Å². The van der Waals surface area contributed by atoms with E-state index >= 15 is 0 Å². The summed E-state index contributed by atoms with van der Waals surface area (Å²) in [5, 5.41) is 8.25. The second-order valence-corrected chi connectivity index (χ2v) is 3.01. The zero-order valence-corrected chi connectivity index (χ0v) is 7.93. The van der Waals surface area contributed by atoms with E-state index in [1.54, 1.807) is 6.07 Å². The van der Waals surface area contributed by atoms with Gasteiger partial charge in [-0.3, -0.25) is 0 Å². The van der Waals surface area contributed by atoms with Crippen molar-refractivity contribution < 1.29 is 14.3 Å². The summed E-state index contributed by atoms with van der Waals surface area (Å²) in [6.45, 7) is 0. The molecule has 0 aliphatic heterocycles. The fraction of sp³-hybridized carbons (Fsp3) is 0. The summed E-state index contributed by atoms with van der Waals surface area (Å²) in [6, 6.07) is 4.32. The number of carboxylic acids is 1. The predicted molar refractivity (Wildman–Crippen MR) is 48.6 cm³/mol. The van der Waals surface area contributed by atoms with Crippen molar-refractivity contribution in [2.45, 2.75) is 0 Å². The van der Waals surface area contributed by atoms with E-state index in [9.17, 15) is 9.18 Å². The molecule has 0 aliphatic carbocycles. The van der Waals surface area contributed by atoms with Gasteiger partial charge < -0.3 is 5.11 Å². The number of hydrogen-bond acceptors (Lipinski definition) is 1. The lowest BCUT2D eigenvalue weighted by atomic mass is 10.2. The van der Waals surface area contributed by atoms with Crippen molar-refractivity contribution in [1.82, 2.24) is 0 Å². The third-order valence-corrected chi connectivity index (χ3v) is 1.92. The Bertz CT molecular complexity index is 384. The molecular formula is C9H4BrFO2. The van der Waals surface area contributed by atoms with Crippen molar-refractivity contribution in [2.75, 3.05) is 0 Å². The first-order valence-corrected chi connectivity index (χ1v) is 4.09. The molecule has 66 valence electrons. The van der Waals surface area contributed by atoms with Crippen LogP contribution >= 0.6 is 15.9 Å². The molecular weight excluding hydrogens is 239 g/mol. The first-order valence-electron chi connectivity index (χ1n) is 3.30. The van der Waals surface area contributed by atoms with Gasteiger partial charge in [0.05, 0.1) is 5.56 Å². The lowest BCUT2D eigenvalue weighted by Gasteiger charge is -1.95. The number of aliphatic carboxylic acids is 1. The fourth-order valence-electron chi connectivity index (χ4n) is 0.733. The zero-order chi connectivity index (χ0) is 9.84. The lowest BCUT2D eigenvalue weighted by molar-refractivity contribution is -0.130. The third-order valence-electron chi connectivity index (χ3n) is 1.26. The van der Waals surface area contributed by atoms with Crippen molar-refractivity contribution >= 4 is 21.9 Å². The van der Waals surface area contributed by atoms with Crippen LogP contribution in [-0.2, 0) is 4.79 Å². The molecule has 0 bridgehead atoms. The van der Waals surface area contributed by atoms with Crippen LogP contribution in [0.15, 0.2) is 22.7 Å². The van der Waals surface area contributed by atoms with Crippen molar-refractivity contribution in [3.8, 4) is 11.8 Å². The van der Waals surface area contributed by atoms with Gasteiger partial charge in [0, 0.05) is 10.4 Å². The average molecular weight is 243 g/mol. The molecule has 0 heterocycles. The van der Waals surface area contributed by atoms with Crippen molar-refractivity contribution in [3.05, 3.63) is 34.1 Å². The molecule has 4 heteroatoms. The maximum atomic E-state index is 13.0. The van der Waals surface area contributed by atoms with Gasteiger partial charge in [0.1, 0.15) is 5.82 Å². The summed E-state index contributed by atoms with van der Waals surface area (Å²) >= 11 is 3.06. The van der Waals surface area contributed by atoms with Gasteiger partial charge in [-0.1, -0.05) is 12.0 Å². The molecule has 0 spiro atoms. The predicted octanol–water partition coefficient (Wildman–Crippen LogP) is 2.02. The second-order valence-electron chi connectivity index (χ2n) is 2.15. The molecule has 1 aromatic rings. The molecule has 0 amide bonds. The summed E-state index contributed by atoms with van der Waals surface area (Å²) < 4.78 is 13.4. The molecule has 0 aliphatic rings. The maximum Gasteiger partial charge on any atom is 0.382 e. The van der Waals surface area contributed by atoms with Gasteiger partial charge in [0.25, 0.3) is 0 Å². The third kappa shape index (κ3) is 2.56. The van der Waals surface area contributed by atoms with E-state index in [0.29, 0.717) is 4.47 Å².